The van der Waals surface area contributed by atoms with Gasteiger partial charge in [0, 0.05) is 31.8 Å². The van der Waals surface area contributed by atoms with Crippen LogP contribution in [0.4, 0.5) is 0 Å². The third-order valence-corrected chi connectivity index (χ3v) is 10.6. The molecule has 0 saturated carbocycles. The number of phenols is 2. The molecule has 60 heavy (non-hydrogen) atoms. The third-order valence-electron chi connectivity index (χ3n) is 10.6. The fourth-order valence-electron chi connectivity index (χ4n) is 7.24. The van der Waals surface area contributed by atoms with Gasteiger partial charge in [0.15, 0.2) is 17.7 Å². The van der Waals surface area contributed by atoms with Crippen molar-refractivity contribution in [3.8, 4) is 11.5 Å². The maximum atomic E-state index is 14.2. The highest BCUT2D eigenvalue weighted by Gasteiger charge is 2.50. The number of phenolic OH excluding ortho intramolecular Hbond substituents is 2. The molecule has 3 fully saturated rings. The molecular weight excluding hydrogens is 804 g/mol. The molecule has 1 aromatic rings. The Morgan fingerprint density at radius 2 is 1.38 bits per heavy atom. The van der Waals surface area contributed by atoms with Gasteiger partial charge in [-0.2, -0.15) is 0 Å². The largest absolute Gasteiger partial charge is 0.504 e. The van der Waals surface area contributed by atoms with E-state index < -0.39 is 176 Å². The zero-order chi connectivity index (χ0) is 45.1. The van der Waals surface area contributed by atoms with Crippen LogP contribution < -0.4 is 32.7 Å². The minimum absolute atomic E-state index is 0.341. The number of benzene rings is 1. The predicted molar refractivity (Wildman–Crippen MR) is 198 cm³/mol. The summed E-state index contributed by atoms with van der Waals surface area (Å²) in [4.78, 5) is 96.3. The van der Waals surface area contributed by atoms with Gasteiger partial charge in [-0.15, -0.1) is 0 Å². The molecule has 3 heterocycles. The Hall–Kier alpha value is -5.25. The van der Waals surface area contributed by atoms with Crippen molar-refractivity contribution in [3.05, 3.63) is 23.8 Å². The summed E-state index contributed by atoms with van der Waals surface area (Å²) in [7, 11) is 0. The Balaban J connectivity index is 1.86. The zero-order valence-electron chi connectivity index (χ0n) is 32.3. The van der Waals surface area contributed by atoms with E-state index in [1.807, 2.05) is 5.32 Å². The molecule has 15 unspecified atom stereocenters. The summed E-state index contributed by atoms with van der Waals surface area (Å²) in [6.45, 7) is 1.44. The van der Waals surface area contributed by atoms with Crippen LogP contribution in [-0.4, -0.2) is 194 Å². The number of aliphatic hydroxyl groups is 8. The second kappa shape index (κ2) is 19.4. The lowest BCUT2D eigenvalue weighted by atomic mass is 9.96. The molecule has 18 N–H and O–H groups in total. The summed E-state index contributed by atoms with van der Waals surface area (Å²) >= 11 is 0. The molecule has 1 aromatic carbocycles. The maximum absolute atomic E-state index is 14.2. The lowest BCUT2D eigenvalue weighted by molar-refractivity contribution is -0.149. The fraction of sp³-hybridized carbons (Fsp3) is 0.629. The fourth-order valence-corrected chi connectivity index (χ4v) is 7.24. The molecule has 0 bridgehead atoms. The highest BCUT2D eigenvalue weighted by atomic mass is 16.3. The average Bonchev–Trinajstić information content (AvgIpc) is 3.71. The number of rotatable bonds is 7. The molecule has 3 saturated heterocycles. The molecule has 3 aliphatic heterocycles. The number of primary amides is 1. The predicted octanol–water partition coefficient (Wildman–Crippen LogP) is -8.74. The zero-order valence-corrected chi connectivity index (χ0v) is 32.3. The average molecular weight is 857 g/mol. The summed E-state index contributed by atoms with van der Waals surface area (Å²) in [6.07, 6.45) is -18.3. The molecule has 25 nitrogen and oxygen atoms in total. The number of carbonyl (C=O) groups is 7. The first kappa shape index (κ1) is 47.4. The summed E-state index contributed by atoms with van der Waals surface area (Å²) in [5, 5.41) is 115. The molecule has 7 amide bonds. The van der Waals surface area contributed by atoms with E-state index >= 15 is 0 Å². The van der Waals surface area contributed by atoms with Crippen molar-refractivity contribution in [2.75, 3.05) is 13.1 Å². The van der Waals surface area contributed by atoms with Crippen LogP contribution >= 0.6 is 0 Å². The number of nitrogens with one attached hydrogen (secondary N) is 4. The molecule has 4 rings (SSSR count). The van der Waals surface area contributed by atoms with Gasteiger partial charge in [-0.05, 0) is 24.6 Å². The van der Waals surface area contributed by atoms with Crippen LogP contribution in [0.15, 0.2) is 18.2 Å². The van der Waals surface area contributed by atoms with Crippen molar-refractivity contribution >= 4 is 41.4 Å². The summed E-state index contributed by atoms with van der Waals surface area (Å²) in [5.41, 5.74) is 10.8. The molecular formula is C35H52N8O17. The number of aromatic hydroxyl groups is 2. The second-order valence-corrected chi connectivity index (χ2v) is 15.3. The Kier molecular flexibility index (Phi) is 15.4. The number of nitrogens with two attached hydrogens (primary N) is 2. The minimum Gasteiger partial charge on any atom is -0.504 e. The van der Waals surface area contributed by atoms with E-state index in [9.17, 15) is 84.6 Å². The van der Waals surface area contributed by atoms with Gasteiger partial charge in [0.25, 0.3) is 0 Å². The van der Waals surface area contributed by atoms with Gasteiger partial charge in [0.1, 0.15) is 48.5 Å². The van der Waals surface area contributed by atoms with E-state index in [4.69, 9.17) is 11.5 Å². The van der Waals surface area contributed by atoms with E-state index in [2.05, 4.69) is 16.0 Å². The van der Waals surface area contributed by atoms with Gasteiger partial charge in [-0.1, -0.05) is 13.0 Å². The van der Waals surface area contributed by atoms with Crippen molar-refractivity contribution < 1.29 is 84.6 Å². The van der Waals surface area contributed by atoms with Crippen molar-refractivity contribution in [1.82, 2.24) is 31.1 Å². The number of aliphatic hydroxyl groups excluding tert-OH is 8. The monoisotopic (exact) mass is 856 g/mol. The number of carbonyl (C=O) groups excluding carboxylic acids is 7. The van der Waals surface area contributed by atoms with Crippen molar-refractivity contribution in [2.24, 2.45) is 17.4 Å². The Morgan fingerprint density at radius 1 is 0.783 bits per heavy atom. The smallest absolute Gasteiger partial charge is 0.248 e. The van der Waals surface area contributed by atoms with Crippen LogP contribution in [0.5, 0.6) is 11.5 Å². The van der Waals surface area contributed by atoms with E-state index in [0.29, 0.717) is 4.90 Å². The normalized spacial score (nSPS) is 33.5. The number of nitrogens with zero attached hydrogens (tertiary/aromatic N) is 2. The van der Waals surface area contributed by atoms with E-state index in [0.717, 1.165) is 30.0 Å². The quantitative estimate of drug-likeness (QED) is 0.113. The molecule has 0 radical (unpaired) electrons. The topological polar surface area (TPSA) is 428 Å². The standard InChI is InChI=1S/C35H52N8O17/c1-11-9-43-25(26(11)51)33(58)41-31(56)20(49)7-15(36)29(54)38-22(12(2)44)34(59)42-10-14(45)6-16(42)30(55)40-24(28(53)27(52)13-3-4-17(46)18(47)5-13)32(57)39-23(35(43)60)19(48)8-21(37)50/h3-5,11-12,14-16,19-20,22-28,31,44-49,51-53,56H,6-10,36H2,1-2H3,(H2,37,50)(H,38,54)(H,39,57)(H,40,55)(H,41,58). The van der Waals surface area contributed by atoms with Crippen LogP contribution in [0, 0.1) is 5.92 Å². The van der Waals surface area contributed by atoms with Gasteiger partial charge in [0.05, 0.1) is 36.9 Å². The van der Waals surface area contributed by atoms with Gasteiger partial charge in [-0.3, -0.25) is 33.6 Å². The summed E-state index contributed by atoms with van der Waals surface area (Å²) < 4.78 is 0. The van der Waals surface area contributed by atoms with E-state index in [1.54, 1.807) is 0 Å². The summed E-state index contributed by atoms with van der Waals surface area (Å²) in [6, 6.07) is -9.20. The Morgan fingerprint density at radius 3 is 1.98 bits per heavy atom. The molecule has 15 atom stereocenters. The first-order valence-corrected chi connectivity index (χ1v) is 18.8. The first-order chi connectivity index (χ1) is 27.9. The van der Waals surface area contributed by atoms with Crippen molar-refractivity contribution in [2.45, 2.75) is 118 Å². The molecule has 25 heteroatoms. The highest BCUT2D eigenvalue weighted by Crippen LogP contribution is 2.31. The lowest BCUT2D eigenvalue weighted by Gasteiger charge is -2.34. The van der Waals surface area contributed by atoms with E-state index in [-0.39, 0.29) is 5.56 Å². The van der Waals surface area contributed by atoms with Crippen LogP contribution in [0.1, 0.15) is 44.8 Å². The third kappa shape index (κ3) is 10.5. The van der Waals surface area contributed by atoms with E-state index in [1.165, 1.54) is 6.92 Å². The number of hydrogen-bond donors (Lipinski definition) is 16. The minimum atomic E-state index is -2.45. The maximum Gasteiger partial charge on any atom is 0.248 e. The number of fused-ring (bicyclic) bond motifs is 2. The van der Waals surface area contributed by atoms with Crippen molar-refractivity contribution in [1.29, 1.82) is 0 Å². The van der Waals surface area contributed by atoms with Crippen LogP contribution in [0.3, 0.4) is 0 Å². The van der Waals surface area contributed by atoms with Gasteiger partial charge in [0.2, 0.25) is 41.4 Å². The van der Waals surface area contributed by atoms with Crippen LogP contribution in [-0.2, 0) is 33.6 Å². The molecule has 3 aliphatic rings. The van der Waals surface area contributed by atoms with Gasteiger partial charge in [-0.25, -0.2) is 0 Å². The number of hydrogen-bond acceptors (Lipinski definition) is 18. The molecule has 0 spiro atoms. The second-order valence-electron chi connectivity index (χ2n) is 15.3. The van der Waals surface area contributed by atoms with Crippen molar-refractivity contribution in [3.63, 3.8) is 0 Å². The summed E-state index contributed by atoms with van der Waals surface area (Å²) in [5.74, 6) is -11.4. The number of amides is 7. The first-order valence-electron chi connectivity index (χ1n) is 18.8. The molecule has 0 aromatic heterocycles. The van der Waals surface area contributed by atoms with Crippen LogP contribution in [0.25, 0.3) is 0 Å². The Labute approximate surface area is 340 Å². The van der Waals surface area contributed by atoms with Crippen LogP contribution in [0.2, 0.25) is 0 Å². The molecule has 0 aliphatic carbocycles. The Bertz CT molecular complexity index is 1800. The van der Waals surface area contributed by atoms with Gasteiger partial charge >= 0.3 is 0 Å². The SMILES string of the molecule is CC(O)C1NC(=O)C(N)CC(O)C(O)NC(=O)C2C(O)C(C)CN2C(=O)C(C(O)CC(N)=O)NC(=O)C(C(O)C(O)c2ccc(O)c(O)c2)NC(=O)C2CC(O)CN2C1=O. The highest BCUT2D eigenvalue weighted by molar-refractivity contribution is 5.98. The molecule has 334 valence electrons. The lowest BCUT2D eigenvalue weighted by Crippen LogP contribution is -2.64. The van der Waals surface area contributed by atoms with Gasteiger partial charge < -0.3 is 93.6 Å².